The zero-order valence-corrected chi connectivity index (χ0v) is 20.6. The number of hydrogen-bond donors (Lipinski definition) is 2. The number of halogens is 1. The summed E-state index contributed by atoms with van der Waals surface area (Å²) in [6.07, 6.45) is 10.7. The molecule has 0 radical (unpaired) electrons. The lowest BCUT2D eigenvalue weighted by molar-refractivity contribution is -0.125. The predicted molar refractivity (Wildman–Crippen MR) is 134 cm³/mol. The average molecular weight is 535 g/mol. The van der Waals surface area contributed by atoms with Crippen LogP contribution in [0.15, 0.2) is 47.7 Å². The highest BCUT2D eigenvalue weighted by Gasteiger charge is 2.65. The molecule has 0 bridgehead atoms. The number of fused-ring (bicyclic) bond motifs is 2. The first-order valence-corrected chi connectivity index (χ1v) is 11.5. The van der Waals surface area contributed by atoms with Crippen LogP contribution in [-0.4, -0.2) is 41.0 Å². The number of guanidine groups is 1. The van der Waals surface area contributed by atoms with Crippen molar-refractivity contribution in [3.05, 3.63) is 53.9 Å². The molecule has 6 nitrogen and oxygen atoms in total. The molecular formula is C24H34IN5O. The summed E-state index contributed by atoms with van der Waals surface area (Å²) in [7, 11) is 0. The van der Waals surface area contributed by atoms with Crippen molar-refractivity contribution in [1.29, 1.82) is 0 Å². The predicted octanol–water partition coefficient (Wildman–Crippen LogP) is 3.95. The quantitative estimate of drug-likeness (QED) is 0.334. The Kier molecular flexibility index (Phi) is 7.21. The van der Waals surface area contributed by atoms with E-state index in [0.29, 0.717) is 30.0 Å². The van der Waals surface area contributed by atoms with Crippen LogP contribution in [0.5, 0.6) is 0 Å². The van der Waals surface area contributed by atoms with Crippen molar-refractivity contribution in [2.75, 3.05) is 13.2 Å². The van der Waals surface area contributed by atoms with E-state index in [9.17, 15) is 0 Å². The molecular weight excluding hydrogens is 501 g/mol. The highest BCUT2D eigenvalue weighted by Crippen LogP contribution is 2.60. The third-order valence-electron chi connectivity index (χ3n) is 7.34. The van der Waals surface area contributed by atoms with Crippen molar-refractivity contribution in [2.45, 2.75) is 64.3 Å². The Morgan fingerprint density at radius 2 is 2.03 bits per heavy atom. The lowest BCUT2D eigenvalue weighted by Crippen LogP contribution is -2.69. The van der Waals surface area contributed by atoms with Crippen LogP contribution in [0.3, 0.4) is 0 Å². The van der Waals surface area contributed by atoms with Gasteiger partial charge in [-0.2, -0.15) is 5.10 Å². The van der Waals surface area contributed by atoms with Crippen LogP contribution in [0.25, 0.3) is 0 Å². The molecule has 7 heteroatoms. The van der Waals surface area contributed by atoms with Crippen molar-refractivity contribution >= 4 is 29.9 Å². The van der Waals surface area contributed by atoms with E-state index in [0.717, 1.165) is 25.7 Å². The zero-order chi connectivity index (χ0) is 20.4. The van der Waals surface area contributed by atoms with E-state index in [4.69, 9.17) is 9.73 Å². The second-order valence-corrected chi connectivity index (χ2v) is 8.97. The minimum Gasteiger partial charge on any atom is -0.377 e. The van der Waals surface area contributed by atoms with Gasteiger partial charge in [0.15, 0.2) is 5.96 Å². The van der Waals surface area contributed by atoms with E-state index >= 15 is 0 Å². The number of hydrogen-bond acceptors (Lipinski definition) is 3. The maximum atomic E-state index is 6.15. The Balaban J connectivity index is 0.00000231. The Morgan fingerprint density at radius 3 is 2.77 bits per heavy atom. The van der Waals surface area contributed by atoms with Gasteiger partial charge in [-0.1, -0.05) is 37.1 Å². The monoisotopic (exact) mass is 535 g/mol. The number of nitrogens with one attached hydrogen (secondary N) is 2. The Hall–Kier alpha value is -1.61. The fraction of sp³-hybridized carbons (Fsp3) is 0.583. The molecule has 1 spiro atoms. The van der Waals surface area contributed by atoms with Gasteiger partial charge >= 0.3 is 0 Å². The van der Waals surface area contributed by atoms with Gasteiger partial charge in [0.05, 0.1) is 19.2 Å². The van der Waals surface area contributed by atoms with Crippen molar-refractivity contribution in [3.63, 3.8) is 0 Å². The molecule has 2 aliphatic carbocycles. The summed E-state index contributed by atoms with van der Waals surface area (Å²) < 4.78 is 8.11. The molecule has 1 aromatic heterocycles. The molecule has 0 amide bonds. The Bertz CT molecular complexity index is 878. The molecule has 3 atom stereocenters. The normalized spacial score (nSPS) is 26.2. The highest BCUT2D eigenvalue weighted by molar-refractivity contribution is 14.0. The average Bonchev–Trinajstić information content (AvgIpc) is 3.52. The number of rotatable bonds is 6. The van der Waals surface area contributed by atoms with Crippen LogP contribution < -0.4 is 10.6 Å². The van der Waals surface area contributed by atoms with Gasteiger partial charge in [0, 0.05) is 42.9 Å². The van der Waals surface area contributed by atoms with Crippen LogP contribution >= 0.6 is 24.0 Å². The van der Waals surface area contributed by atoms with Crippen molar-refractivity contribution < 1.29 is 4.74 Å². The smallest absolute Gasteiger partial charge is 0.191 e. The van der Waals surface area contributed by atoms with E-state index in [1.165, 1.54) is 43.2 Å². The summed E-state index contributed by atoms with van der Waals surface area (Å²) >= 11 is 0. The van der Waals surface area contributed by atoms with Gasteiger partial charge in [-0.15, -0.1) is 24.0 Å². The van der Waals surface area contributed by atoms with Crippen LogP contribution in [0.2, 0.25) is 0 Å². The van der Waals surface area contributed by atoms with E-state index in [1.54, 1.807) is 0 Å². The topological polar surface area (TPSA) is 63.5 Å². The molecule has 2 saturated carbocycles. The first kappa shape index (κ1) is 22.6. The Morgan fingerprint density at radius 1 is 1.23 bits per heavy atom. The van der Waals surface area contributed by atoms with Crippen molar-refractivity contribution in [1.82, 2.24) is 20.4 Å². The lowest BCUT2D eigenvalue weighted by atomic mass is 9.54. The van der Waals surface area contributed by atoms with Crippen molar-refractivity contribution in [3.8, 4) is 0 Å². The molecule has 3 aliphatic rings. The minimum absolute atomic E-state index is 0. The number of aliphatic imine (C=N–C) groups is 1. The van der Waals surface area contributed by atoms with Crippen LogP contribution in [0, 0.1) is 11.3 Å². The molecule has 1 aliphatic heterocycles. The third-order valence-corrected chi connectivity index (χ3v) is 7.34. The molecule has 5 rings (SSSR count). The molecule has 168 valence electrons. The Labute approximate surface area is 202 Å². The van der Waals surface area contributed by atoms with Crippen LogP contribution in [0.4, 0.5) is 0 Å². The van der Waals surface area contributed by atoms with Gasteiger partial charge < -0.3 is 15.4 Å². The molecule has 2 aromatic rings. The fourth-order valence-corrected chi connectivity index (χ4v) is 5.97. The fourth-order valence-electron chi connectivity index (χ4n) is 5.97. The largest absolute Gasteiger partial charge is 0.377 e. The van der Waals surface area contributed by atoms with Gasteiger partial charge in [0.1, 0.15) is 0 Å². The molecule has 1 aromatic carbocycles. The summed E-state index contributed by atoms with van der Waals surface area (Å²) in [6, 6.07) is 11.0. The first-order valence-electron chi connectivity index (χ1n) is 11.5. The van der Waals surface area contributed by atoms with Gasteiger partial charge in [0.25, 0.3) is 0 Å². The maximum Gasteiger partial charge on any atom is 0.191 e. The van der Waals surface area contributed by atoms with E-state index in [1.807, 2.05) is 23.1 Å². The third kappa shape index (κ3) is 4.35. The molecule has 2 N–H and O–H groups in total. The highest BCUT2D eigenvalue weighted by atomic mass is 127. The lowest BCUT2D eigenvalue weighted by Gasteiger charge is -2.57. The molecule has 3 unspecified atom stereocenters. The SMILES string of the molecule is CCNC(=NCc1ccccc1Cn1cccn1)NC1C2CCOC2C12CCCC2.I. The number of nitrogens with zero attached hydrogens (tertiary/aromatic N) is 3. The molecule has 1 saturated heterocycles. The molecule has 2 heterocycles. The summed E-state index contributed by atoms with van der Waals surface area (Å²) in [4.78, 5) is 4.99. The van der Waals surface area contributed by atoms with Gasteiger partial charge in [-0.25, -0.2) is 4.99 Å². The molecule has 31 heavy (non-hydrogen) atoms. The number of aromatic nitrogens is 2. The molecule has 3 fully saturated rings. The summed E-state index contributed by atoms with van der Waals surface area (Å²) in [5.41, 5.74) is 2.84. The standard InChI is InChI=1S/C24H33N5O.HI/c1-2-25-23(28-21-20-10-15-30-22(20)24(21)11-5-6-12-24)26-16-18-8-3-4-9-19(18)17-29-14-7-13-27-29;/h3-4,7-9,13-14,20-22H,2,5-6,10-12,15-17H2,1H3,(H2,25,26,28);1H. The summed E-state index contributed by atoms with van der Waals surface area (Å²) in [5.74, 6) is 1.58. The van der Waals surface area contributed by atoms with Gasteiger partial charge in [0.2, 0.25) is 0 Å². The summed E-state index contributed by atoms with van der Waals surface area (Å²) in [5, 5.41) is 11.7. The second-order valence-electron chi connectivity index (χ2n) is 8.97. The van der Waals surface area contributed by atoms with Crippen LogP contribution in [-0.2, 0) is 17.8 Å². The summed E-state index contributed by atoms with van der Waals surface area (Å²) in [6.45, 7) is 5.36. The first-order chi connectivity index (χ1) is 14.8. The second kappa shape index (κ2) is 9.90. The van der Waals surface area contributed by atoms with Crippen LogP contribution in [0.1, 0.15) is 50.2 Å². The zero-order valence-electron chi connectivity index (χ0n) is 18.3. The van der Waals surface area contributed by atoms with E-state index in [2.05, 4.69) is 46.9 Å². The maximum absolute atomic E-state index is 6.15. The van der Waals surface area contributed by atoms with E-state index < -0.39 is 0 Å². The number of benzene rings is 1. The minimum atomic E-state index is 0. The van der Waals surface area contributed by atoms with Gasteiger partial charge in [-0.3, -0.25) is 4.68 Å². The van der Waals surface area contributed by atoms with Crippen molar-refractivity contribution in [2.24, 2.45) is 16.3 Å². The van der Waals surface area contributed by atoms with Gasteiger partial charge in [-0.05, 0) is 43.4 Å². The number of ether oxygens (including phenoxy) is 1. The van der Waals surface area contributed by atoms with E-state index in [-0.39, 0.29) is 24.0 Å².